The number of amides is 1. The van der Waals surface area contributed by atoms with Crippen LogP contribution in [0.15, 0.2) is 36.4 Å². The molecule has 0 aliphatic rings. The highest BCUT2D eigenvalue weighted by Gasteiger charge is 2.19. The molecule has 22 heavy (non-hydrogen) atoms. The Morgan fingerprint density at radius 1 is 1.09 bits per heavy atom. The third-order valence-electron chi connectivity index (χ3n) is 3.04. The molecule has 0 unspecified atom stereocenters. The first kappa shape index (κ1) is 15.6. The number of ketones is 1. The van der Waals surface area contributed by atoms with Gasteiger partial charge in [0.1, 0.15) is 5.82 Å². The lowest BCUT2D eigenvalue weighted by Gasteiger charge is -2.07. The fraction of sp³-hybridized carbons (Fsp3) is 0.125. The molecule has 0 heterocycles. The zero-order valence-corrected chi connectivity index (χ0v) is 11.8. The summed E-state index contributed by atoms with van der Waals surface area (Å²) in [6, 6.07) is 8.46. The molecule has 3 N–H and O–H groups in total. The van der Waals surface area contributed by atoms with E-state index in [1.165, 1.54) is 6.92 Å². The molecule has 0 saturated heterocycles. The average molecular weight is 304 g/mol. The van der Waals surface area contributed by atoms with E-state index in [1.54, 1.807) is 24.3 Å². The molecule has 0 atom stereocenters. The number of nitrogens with two attached hydrogens (primary N) is 1. The van der Waals surface area contributed by atoms with Crippen molar-refractivity contribution < 1.29 is 18.4 Å². The van der Waals surface area contributed by atoms with Crippen molar-refractivity contribution >= 4 is 23.1 Å². The Hall–Kier alpha value is -2.76. The predicted octanol–water partition coefficient (Wildman–Crippen LogP) is 2.93. The van der Waals surface area contributed by atoms with E-state index in [1.807, 2.05) is 0 Å². The number of anilines is 2. The summed E-state index contributed by atoms with van der Waals surface area (Å²) in [6.07, 6.45) is -0.169. The monoisotopic (exact) mass is 304 g/mol. The molecular weight excluding hydrogens is 290 g/mol. The van der Waals surface area contributed by atoms with Gasteiger partial charge in [0, 0.05) is 19.0 Å². The van der Waals surface area contributed by atoms with Crippen LogP contribution in [0.1, 0.15) is 22.8 Å². The third kappa shape index (κ3) is 3.46. The van der Waals surface area contributed by atoms with Gasteiger partial charge in [0.2, 0.25) is 5.91 Å². The van der Waals surface area contributed by atoms with Crippen LogP contribution in [0, 0.1) is 11.6 Å². The third-order valence-corrected chi connectivity index (χ3v) is 3.04. The van der Waals surface area contributed by atoms with E-state index in [2.05, 4.69) is 5.32 Å². The van der Waals surface area contributed by atoms with E-state index in [-0.39, 0.29) is 18.0 Å². The quantitative estimate of drug-likeness (QED) is 0.674. The molecule has 0 aliphatic carbocycles. The summed E-state index contributed by atoms with van der Waals surface area (Å²) in [6.45, 7) is 1.38. The summed E-state index contributed by atoms with van der Waals surface area (Å²) in [7, 11) is 0. The van der Waals surface area contributed by atoms with E-state index in [0.717, 1.165) is 12.1 Å². The van der Waals surface area contributed by atoms with Crippen LogP contribution in [0.3, 0.4) is 0 Å². The first-order valence-electron chi connectivity index (χ1n) is 6.51. The minimum atomic E-state index is -1.04. The summed E-state index contributed by atoms with van der Waals surface area (Å²) in [5.74, 6) is -2.89. The average Bonchev–Trinajstić information content (AvgIpc) is 2.45. The lowest BCUT2D eigenvalue weighted by molar-refractivity contribution is -0.114. The lowest BCUT2D eigenvalue weighted by atomic mass is 10.0. The fourth-order valence-corrected chi connectivity index (χ4v) is 2.01. The van der Waals surface area contributed by atoms with Crippen LogP contribution in [-0.4, -0.2) is 11.7 Å². The highest BCUT2D eigenvalue weighted by Crippen LogP contribution is 2.21. The first-order chi connectivity index (χ1) is 10.4. The smallest absolute Gasteiger partial charge is 0.221 e. The van der Waals surface area contributed by atoms with E-state index in [9.17, 15) is 18.4 Å². The molecular formula is C16H14F2N2O2. The highest BCUT2D eigenvalue weighted by molar-refractivity contribution is 5.99. The molecule has 0 radical (unpaired) electrons. The summed E-state index contributed by atoms with van der Waals surface area (Å²) in [5.41, 5.74) is 5.59. The zero-order chi connectivity index (χ0) is 16.3. The Morgan fingerprint density at radius 3 is 2.32 bits per heavy atom. The topological polar surface area (TPSA) is 72.2 Å². The molecule has 0 fully saturated rings. The number of Topliss-reactive ketones (excluding diaryl/α,β-unsaturated/α-hetero) is 1. The molecule has 0 spiro atoms. The Morgan fingerprint density at radius 2 is 1.73 bits per heavy atom. The number of hydrogen-bond acceptors (Lipinski definition) is 3. The number of hydrogen-bond donors (Lipinski definition) is 2. The molecule has 4 nitrogen and oxygen atoms in total. The Balaban J connectivity index is 2.19. The molecule has 2 rings (SSSR count). The van der Waals surface area contributed by atoms with Crippen LogP contribution < -0.4 is 11.1 Å². The van der Waals surface area contributed by atoms with Crippen LogP contribution in [-0.2, 0) is 11.2 Å². The minimum absolute atomic E-state index is 0.169. The van der Waals surface area contributed by atoms with E-state index in [4.69, 9.17) is 5.73 Å². The Kier molecular flexibility index (Phi) is 4.50. The van der Waals surface area contributed by atoms with Gasteiger partial charge in [0.05, 0.1) is 11.3 Å². The number of carbonyl (C=O) groups is 2. The second-order valence-electron chi connectivity index (χ2n) is 4.80. The molecule has 6 heteroatoms. The molecule has 1 amide bonds. The van der Waals surface area contributed by atoms with Crippen molar-refractivity contribution in [2.45, 2.75) is 13.3 Å². The van der Waals surface area contributed by atoms with Crippen molar-refractivity contribution in [3.05, 3.63) is 59.2 Å². The maximum atomic E-state index is 13.8. The van der Waals surface area contributed by atoms with Crippen molar-refractivity contribution in [2.75, 3.05) is 11.1 Å². The summed E-state index contributed by atoms with van der Waals surface area (Å²) in [5, 5.41) is 2.58. The van der Waals surface area contributed by atoms with Gasteiger partial charge in [-0.25, -0.2) is 8.78 Å². The maximum Gasteiger partial charge on any atom is 0.221 e. The fourth-order valence-electron chi connectivity index (χ4n) is 2.01. The first-order valence-corrected chi connectivity index (χ1v) is 6.51. The van der Waals surface area contributed by atoms with Crippen molar-refractivity contribution in [3.8, 4) is 0 Å². The van der Waals surface area contributed by atoms with Gasteiger partial charge >= 0.3 is 0 Å². The number of carbonyl (C=O) groups excluding carboxylic acids is 2. The van der Waals surface area contributed by atoms with E-state index < -0.39 is 23.0 Å². The number of nitrogens with one attached hydrogen (secondary N) is 1. The highest BCUT2D eigenvalue weighted by atomic mass is 19.1. The molecule has 0 aliphatic heterocycles. The van der Waals surface area contributed by atoms with E-state index in [0.29, 0.717) is 11.3 Å². The second kappa shape index (κ2) is 6.34. The van der Waals surface area contributed by atoms with Crippen LogP contribution >= 0.6 is 0 Å². The maximum absolute atomic E-state index is 13.8. The molecule has 0 aromatic heterocycles. The van der Waals surface area contributed by atoms with Crippen LogP contribution in [0.5, 0.6) is 0 Å². The van der Waals surface area contributed by atoms with Gasteiger partial charge < -0.3 is 11.1 Å². The van der Waals surface area contributed by atoms with Crippen LogP contribution in [0.2, 0.25) is 0 Å². The SMILES string of the molecule is CC(=O)Nc1ccc(CC(=O)c2c(F)ccc(N)c2F)cc1. The standard InChI is InChI=1S/C16H14F2N2O2/c1-9(21)20-11-4-2-10(3-5-11)8-14(22)15-12(17)6-7-13(19)16(15)18/h2-7H,8,19H2,1H3,(H,20,21). The number of benzene rings is 2. The van der Waals surface area contributed by atoms with Gasteiger partial charge in [0.25, 0.3) is 0 Å². The van der Waals surface area contributed by atoms with Crippen molar-refractivity contribution in [1.29, 1.82) is 0 Å². The van der Waals surface area contributed by atoms with Gasteiger partial charge in [-0.3, -0.25) is 9.59 Å². The molecule has 114 valence electrons. The van der Waals surface area contributed by atoms with Crippen molar-refractivity contribution in [2.24, 2.45) is 0 Å². The normalized spacial score (nSPS) is 10.3. The van der Waals surface area contributed by atoms with Gasteiger partial charge in [-0.15, -0.1) is 0 Å². The van der Waals surface area contributed by atoms with Gasteiger partial charge in [-0.05, 0) is 29.8 Å². The molecule has 0 saturated carbocycles. The minimum Gasteiger partial charge on any atom is -0.396 e. The largest absolute Gasteiger partial charge is 0.396 e. The van der Waals surface area contributed by atoms with Crippen LogP contribution in [0.25, 0.3) is 0 Å². The van der Waals surface area contributed by atoms with Gasteiger partial charge in [-0.1, -0.05) is 12.1 Å². The predicted molar refractivity (Wildman–Crippen MR) is 79.6 cm³/mol. The second-order valence-corrected chi connectivity index (χ2v) is 4.80. The molecule has 0 bridgehead atoms. The lowest BCUT2D eigenvalue weighted by Crippen LogP contribution is -2.11. The van der Waals surface area contributed by atoms with Gasteiger partial charge in [-0.2, -0.15) is 0 Å². The summed E-state index contributed by atoms with van der Waals surface area (Å²) in [4.78, 5) is 23.0. The molecule has 2 aromatic rings. The summed E-state index contributed by atoms with van der Waals surface area (Å²) < 4.78 is 27.4. The Bertz CT molecular complexity index is 728. The number of rotatable bonds is 4. The van der Waals surface area contributed by atoms with Gasteiger partial charge in [0.15, 0.2) is 11.6 Å². The van der Waals surface area contributed by atoms with E-state index >= 15 is 0 Å². The zero-order valence-electron chi connectivity index (χ0n) is 11.8. The number of nitrogen functional groups attached to an aromatic ring is 1. The Labute approximate surface area is 125 Å². The number of halogens is 2. The molecule has 2 aromatic carbocycles. The van der Waals surface area contributed by atoms with Crippen LogP contribution in [0.4, 0.5) is 20.2 Å². The van der Waals surface area contributed by atoms with Crippen molar-refractivity contribution in [1.82, 2.24) is 0 Å². The van der Waals surface area contributed by atoms with Crippen molar-refractivity contribution in [3.63, 3.8) is 0 Å². The summed E-state index contributed by atoms with van der Waals surface area (Å²) >= 11 is 0.